The molecule has 0 rings (SSSR count). The van der Waals surface area contributed by atoms with Crippen molar-refractivity contribution in [2.45, 2.75) is 168 Å². The molecule has 0 saturated carbocycles. The lowest BCUT2D eigenvalue weighted by molar-refractivity contribution is 0.0445. The Hall–Kier alpha value is 0.190. The van der Waals surface area contributed by atoms with Gasteiger partial charge in [0.2, 0.25) is 0 Å². The van der Waals surface area contributed by atoms with Crippen LogP contribution < -0.4 is 0 Å². The second-order valence-electron chi connectivity index (χ2n) is 10.2. The molecular weight excluding hydrogens is 456 g/mol. The first-order valence-corrected chi connectivity index (χ1v) is 15.1. The van der Waals surface area contributed by atoms with Gasteiger partial charge < -0.3 is 19.7 Å². The van der Waals surface area contributed by atoms with E-state index >= 15 is 0 Å². The summed E-state index contributed by atoms with van der Waals surface area (Å²) < 4.78 is 10.6. The second kappa shape index (κ2) is 36.3. The lowest BCUT2D eigenvalue weighted by atomic mass is 10.1. The minimum atomic E-state index is -0.321. The van der Waals surface area contributed by atoms with Crippen LogP contribution in [0.3, 0.4) is 0 Å². The molecule has 0 aliphatic heterocycles. The summed E-state index contributed by atoms with van der Waals surface area (Å²) in [4.78, 5) is 0. The molecule has 0 aromatic carbocycles. The van der Waals surface area contributed by atoms with Crippen molar-refractivity contribution in [1.29, 1.82) is 0 Å². The van der Waals surface area contributed by atoms with Gasteiger partial charge in [0, 0.05) is 13.2 Å². The van der Waals surface area contributed by atoms with Crippen LogP contribution in [-0.4, -0.2) is 48.8 Å². The van der Waals surface area contributed by atoms with E-state index in [-0.39, 0.29) is 25.7 Å². The van der Waals surface area contributed by atoms with E-state index in [1.165, 1.54) is 116 Å². The Morgan fingerprint density at radius 2 is 0.657 bits per heavy atom. The molecule has 0 radical (unpaired) electrons. The molecule has 0 saturated heterocycles. The maximum atomic E-state index is 8.99. The van der Waals surface area contributed by atoms with E-state index < -0.39 is 0 Å². The summed E-state index contributed by atoms with van der Waals surface area (Å²) in [5.74, 6) is 0. The van der Waals surface area contributed by atoms with E-state index in [4.69, 9.17) is 19.7 Å². The fourth-order valence-electron chi connectivity index (χ4n) is 3.89. The van der Waals surface area contributed by atoms with Gasteiger partial charge in [-0.2, -0.15) is 13.5 Å². The maximum Gasteiger partial charge on any atom is 0.0745 e. The molecule has 5 heteroatoms. The van der Waals surface area contributed by atoms with Gasteiger partial charge >= 0.3 is 0 Å². The van der Waals surface area contributed by atoms with Crippen molar-refractivity contribution < 1.29 is 19.7 Å². The summed E-state index contributed by atoms with van der Waals surface area (Å²) in [6, 6.07) is 0. The third-order valence-corrected chi connectivity index (χ3v) is 6.00. The van der Waals surface area contributed by atoms with Crippen molar-refractivity contribution in [3.63, 3.8) is 0 Å². The van der Waals surface area contributed by atoms with Gasteiger partial charge in [-0.3, -0.25) is 0 Å². The smallest absolute Gasteiger partial charge is 0.0745 e. The highest BCUT2D eigenvalue weighted by molar-refractivity contribution is 7.59. The molecule has 0 heterocycles. The van der Waals surface area contributed by atoms with Gasteiger partial charge in [-0.25, -0.2) is 0 Å². The van der Waals surface area contributed by atoms with E-state index in [9.17, 15) is 0 Å². The van der Waals surface area contributed by atoms with Crippen LogP contribution in [-0.2, 0) is 9.47 Å². The second-order valence-corrected chi connectivity index (χ2v) is 10.2. The molecule has 0 fully saturated rings. The molecule has 0 aromatic rings. The topological polar surface area (TPSA) is 58.9 Å². The molecule has 2 unspecified atom stereocenters. The van der Waals surface area contributed by atoms with Gasteiger partial charge in [0.25, 0.3) is 0 Å². The number of rotatable bonds is 26. The van der Waals surface area contributed by atoms with Gasteiger partial charge in [-0.1, -0.05) is 129 Å². The number of aliphatic hydroxyl groups is 2. The minimum absolute atomic E-state index is 0. The third-order valence-electron chi connectivity index (χ3n) is 6.00. The molecule has 0 spiro atoms. The molecule has 0 aliphatic rings. The first-order chi connectivity index (χ1) is 16.5. The normalized spacial score (nSPS) is 12.5. The largest absolute Gasteiger partial charge is 0.391 e. The van der Waals surface area contributed by atoms with E-state index in [1.54, 1.807) is 13.8 Å². The minimum Gasteiger partial charge on any atom is -0.391 e. The highest BCUT2D eigenvalue weighted by atomic mass is 32.1. The van der Waals surface area contributed by atoms with E-state index in [0.717, 1.165) is 26.1 Å². The van der Waals surface area contributed by atoms with Crippen LogP contribution in [0.2, 0.25) is 0 Å². The highest BCUT2D eigenvalue weighted by Crippen LogP contribution is 2.11. The highest BCUT2D eigenvalue weighted by Gasteiger charge is 1.97. The molecule has 0 aliphatic carbocycles. The van der Waals surface area contributed by atoms with Crippen LogP contribution in [0.5, 0.6) is 0 Å². The van der Waals surface area contributed by atoms with Gasteiger partial charge in [0.15, 0.2) is 0 Å². The Morgan fingerprint density at radius 3 is 0.886 bits per heavy atom. The van der Waals surface area contributed by atoms with Crippen LogP contribution in [0, 0.1) is 0 Å². The van der Waals surface area contributed by atoms with Gasteiger partial charge in [-0.15, -0.1) is 0 Å². The fraction of sp³-hybridized carbons (Fsp3) is 1.00. The van der Waals surface area contributed by atoms with Crippen molar-refractivity contribution in [1.82, 2.24) is 0 Å². The maximum absolute atomic E-state index is 8.99. The van der Waals surface area contributed by atoms with Crippen molar-refractivity contribution in [2.24, 2.45) is 0 Å². The summed E-state index contributed by atoms with van der Waals surface area (Å²) in [6.45, 7) is 10.6. The summed E-state index contributed by atoms with van der Waals surface area (Å²) in [6.07, 6.45) is 26.4. The van der Waals surface area contributed by atoms with Crippen LogP contribution in [0.15, 0.2) is 0 Å². The van der Waals surface area contributed by atoms with Gasteiger partial charge in [-0.05, 0) is 26.7 Å². The van der Waals surface area contributed by atoms with Crippen LogP contribution >= 0.6 is 13.5 Å². The SMILES string of the molecule is CCCCCCCCCCCCOCC(C)O.CCCCCCCCCCCCOCC(C)O.S. The summed E-state index contributed by atoms with van der Waals surface area (Å²) in [5.41, 5.74) is 0. The Bertz CT molecular complexity index is 308. The molecule has 2 N–H and O–H groups in total. The third kappa shape index (κ3) is 44.6. The first-order valence-electron chi connectivity index (χ1n) is 15.1. The molecule has 216 valence electrons. The summed E-state index contributed by atoms with van der Waals surface area (Å²) >= 11 is 0. The molecule has 4 nitrogen and oxygen atoms in total. The van der Waals surface area contributed by atoms with E-state index in [2.05, 4.69) is 13.8 Å². The predicted octanol–water partition coefficient (Wildman–Crippen LogP) is 8.72. The number of hydrogen-bond donors (Lipinski definition) is 2. The van der Waals surface area contributed by atoms with Gasteiger partial charge in [0.05, 0.1) is 25.4 Å². The summed E-state index contributed by atoms with van der Waals surface area (Å²) in [5, 5.41) is 18.0. The Balaban J connectivity index is -0.000000569. The van der Waals surface area contributed by atoms with Crippen LogP contribution in [0.4, 0.5) is 0 Å². The Morgan fingerprint density at radius 1 is 0.429 bits per heavy atom. The van der Waals surface area contributed by atoms with Crippen LogP contribution in [0.25, 0.3) is 0 Å². The number of ether oxygens (including phenoxy) is 2. The standard InChI is InChI=1S/2C15H32O2.H2S/c2*1-3-4-5-6-7-8-9-10-11-12-13-17-14-15(2)16;/h2*15-16H,3-14H2,1-2H3;1H2. The average molecular weight is 523 g/mol. The zero-order valence-corrected chi connectivity index (χ0v) is 25.3. The monoisotopic (exact) mass is 522 g/mol. The van der Waals surface area contributed by atoms with Gasteiger partial charge in [0.1, 0.15) is 0 Å². The molecule has 0 amide bonds. The van der Waals surface area contributed by atoms with Crippen molar-refractivity contribution >= 4 is 13.5 Å². The predicted molar refractivity (Wildman–Crippen MR) is 159 cm³/mol. The summed E-state index contributed by atoms with van der Waals surface area (Å²) in [7, 11) is 0. The Kier molecular flexibility index (Phi) is 41.2. The zero-order valence-electron chi connectivity index (χ0n) is 24.3. The quantitative estimate of drug-likeness (QED) is 0.111. The number of aliphatic hydroxyl groups excluding tert-OH is 2. The molecule has 0 aromatic heterocycles. The van der Waals surface area contributed by atoms with Crippen molar-refractivity contribution in [2.75, 3.05) is 26.4 Å². The fourth-order valence-corrected chi connectivity index (χ4v) is 3.89. The average Bonchev–Trinajstić information content (AvgIpc) is 2.80. The van der Waals surface area contributed by atoms with Crippen molar-refractivity contribution in [3.8, 4) is 0 Å². The van der Waals surface area contributed by atoms with Crippen molar-refractivity contribution in [3.05, 3.63) is 0 Å². The number of hydrogen-bond acceptors (Lipinski definition) is 4. The number of unbranched alkanes of at least 4 members (excludes halogenated alkanes) is 18. The molecule has 0 bridgehead atoms. The molecule has 2 atom stereocenters. The van der Waals surface area contributed by atoms with E-state index in [1.807, 2.05) is 0 Å². The van der Waals surface area contributed by atoms with E-state index in [0.29, 0.717) is 13.2 Å². The lowest BCUT2D eigenvalue weighted by Crippen LogP contribution is -2.10. The lowest BCUT2D eigenvalue weighted by Gasteiger charge is -2.06. The van der Waals surface area contributed by atoms with Crippen LogP contribution in [0.1, 0.15) is 156 Å². The molecule has 35 heavy (non-hydrogen) atoms. The molecular formula is C30H66O4S. The first kappa shape index (κ1) is 39.7. The zero-order chi connectivity index (χ0) is 25.5. The Labute approximate surface area is 227 Å².